The van der Waals surface area contributed by atoms with E-state index in [0.717, 1.165) is 38.5 Å². The van der Waals surface area contributed by atoms with Crippen molar-refractivity contribution in [2.75, 3.05) is 0 Å². The van der Waals surface area contributed by atoms with Crippen LogP contribution in [-0.2, 0) is 13.6 Å². The van der Waals surface area contributed by atoms with Gasteiger partial charge in [-0.25, -0.2) is 4.57 Å². The summed E-state index contributed by atoms with van der Waals surface area (Å²) >= 11 is 20.1. The lowest BCUT2D eigenvalue weighted by Gasteiger charge is -2.29. The van der Waals surface area contributed by atoms with Gasteiger partial charge in [0, 0.05) is 11.2 Å². The maximum absolute atomic E-state index is 12.3. The summed E-state index contributed by atoms with van der Waals surface area (Å²) in [6, 6.07) is 0. The molecule has 0 saturated heterocycles. The first-order chi connectivity index (χ1) is 8.62. The van der Waals surface area contributed by atoms with Crippen LogP contribution in [0.4, 0.5) is 0 Å². The van der Waals surface area contributed by atoms with Gasteiger partial charge in [0.25, 0.3) is 0 Å². The Labute approximate surface area is 151 Å². The molecule has 112 valence electrons. The van der Waals surface area contributed by atoms with Crippen molar-refractivity contribution >= 4 is 81.9 Å². The van der Waals surface area contributed by atoms with Crippen molar-refractivity contribution in [2.45, 2.75) is 57.2 Å². The molecule has 0 aromatic heterocycles. The SMILES string of the molecule is O=P(Cl)(OC1CCCC1(Br)Br)OC1CCCC1(Br)Br. The largest absolute Gasteiger partial charge is 0.424 e. The molecule has 2 atom stereocenters. The molecule has 2 aliphatic rings. The highest BCUT2D eigenvalue weighted by Gasteiger charge is 2.47. The second kappa shape index (κ2) is 6.46. The van der Waals surface area contributed by atoms with Gasteiger partial charge < -0.3 is 0 Å². The molecular weight excluding hydrogens is 554 g/mol. The van der Waals surface area contributed by atoms with Gasteiger partial charge in [-0.3, -0.25) is 9.05 Å². The number of rotatable bonds is 4. The first-order valence-electron chi connectivity index (χ1n) is 6.05. The van der Waals surface area contributed by atoms with Crippen LogP contribution in [0, 0.1) is 0 Å². The van der Waals surface area contributed by atoms with E-state index in [9.17, 15) is 4.57 Å². The van der Waals surface area contributed by atoms with Crippen molar-refractivity contribution in [3.05, 3.63) is 0 Å². The van der Waals surface area contributed by atoms with Gasteiger partial charge in [-0.15, -0.1) is 0 Å². The van der Waals surface area contributed by atoms with Crippen LogP contribution < -0.4 is 0 Å². The van der Waals surface area contributed by atoms with E-state index in [1.165, 1.54) is 0 Å². The Hall–Kier alpha value is 2.36. The average molecular weight is 568 g/mol. The number of hydrogen-bond donors (Lipinski definition) is 0. The van der Waals surface area contributed by atoms with E-state index in [1.54, 1.807) is 0 Å². The lowest BCUT2D eigenvalue weighted by Crippen LogP contribution is -2.28. The van der Waals surface area contributed by atoms with Gasteiger partial charge in [0.1, 0.15) is 6.47 Å². The molecule has 0 radical (unpaired) electrons. The fourth-order valence-corrected chi connectivity index (χ4v) is 7.17. The Morgan fingerprint density at radius 3 is 1.58 bits per heavy atom. The molecule has 2 saturated carbocycles. The second-order valence-corrected chi connectivity index (χ2v) is 15.2. The lowest BCUT2D eigenvalue weighted by atomic mass is 10.3. The molecule has 2 rings (SSSR count). The van der Waals surface area contributed by atoms with Crippen LogP contribution in [0.15, 0.2) is 0 Å². The summed E-state index contributed by atoms with van der Waals surface area (Å²) in [7, 11) is 0. The Kier molecular flexibility index (Phi) is 6.02. The summed E-state index contributed by atoms with van der Waals surface area (Å²) in [5.74, 6) is 0. The first kappa shape index (κ1) is 17.7. The van der Waals surface area contributed by atoms with E-state index in [2.05, 4.69) is 63.7 Å². The Bertz CT molecular complexity index is 361. The van der Waals surface area contributed by atoms with Gasteiger partial charge in [-0.1, -0.05) is 63.7 Å². The maximum atomic E-state index is 12.3. The zero-order valence-electron chi connectivity index (χ0n) is 9.96. The summed E-state index contributed by atoms with van der Waals surface area (Å²) in [4.78, 5) is 0. The predicted molar refractivity (Wildman–Crippen MR) is 92.1 cm³/mol. The fourth-order valence-electron chi connectivity index (χ4n) is 2.38. The smallest absolute Gasteiger partial charge is 0.291 e. The Balaban J connectivity index is 1.97. The van der Waals surface area contributed by atoms with Crippen LogP contribution in [0.5, 0.6) is 0 Å². The highest BCUT2D eigenvalue weighted by molar-refractivity contribution is 9.25. The van der Waals surface area contributed by atoms with Gasteiger partial charge >= 0.3 is 6.95 Å². The minimum atomic E-state index is -3.60. The van der Waals surface area contributed by atoms with E-state index >= 15 is 0 Å². The molecule has 3 nitrogen and oxygen atoms in total. The molecule has 0 heterocycles. The quantitative estimate of drug-likeness (QED) is 0.289. The van der Waals surface area contributed by atoms with Crippen molar-refractivity contribution in [1.82, 2.24) is 0 Å². The number of alkyl halides is 4. The third kappa shape index (κ3) is 4.66. The van der Waals surface area contributed by atoms with E-state index in [4.69, 9.17) is 20.3 Å². The minimum absolute atomic E-state index is 0.253. The molecule has 9 heteroatoms. The predicted octanol–water partition coefficient (Wildman–Crippen LogP) is 6.44. The molecule has 0 spiro atoms. The van der Waals surface area contributed by atoms with Crippen LogP contribution in [0.1, 0.15) is 38.5 Å². The van der Waals surface area contributed by atoms with E-state index < -0.39 is 6.95 Å². The van der Waals surface area contributed by atoms with Crippen LogP contribution in [0.25, 0.3) is 0 Å². The lowest BCUT2D eigenvalue weighted by molar-refractivity contribution is 0.128. The van der Waals surface area contributed by atoms with Crippen molar-refractivity contribution in [3.8, 4) is 0 Å². The summed E-state index contributed by atoms with van der Waals surface area (Å²) < 4.78 is 22.7. The Morgan fingerprint density at radius 2 is 1.32 bits per heavy atom. The number of hydrogen-bond acceptors (Lipinski definition) is 3. The zero-order chi connectivity index (χ0) is 14.3. The summed E-state index contributed by atoms with van der Waals surface area (Å²) in [5, 5.41) is 0. The van der Waals surface area contributed by atoms with Gasteiger partial charge in [0.2, 0.25) is 0 Å². The van der Waals surface area contributed by atoms with Crippen LogP contribution in [0.3, 0.4) is 0 Å². The van der Waals surface area contributed by atoms with Crippen molar-refractivity contribution in [1.29, 1.82) is 0 Å². The van der Waals surface area contributed by atoms with Crippen LogP contribution in [-0.4, -0.2) is 18.7 Å². The number of halogens is 5. The average Bonchev–Trinajstić information content (AvgIpc) is 2.71. The minimum Gasteiger partial charge on any atom is -0.291 e. The van der Waals surface area contributed by atoms with Crippen molar-refractivity contribution < 1.29 is 13.6 Å². The van der Waals surface area contributed by atoms with E-state index in [-0.39, 0.29) is 18.7 Å². The third-order valence-corrected chi connectivity index (χ3v) is 8.52. The van der Waals surface area contributed by atoms with E-state index in [0.29, 0.717) is 0 Å². The summed E-state index contributed by atoms with van der Waals surface area (Å²) in [6.07, 6.45) is 4.88. The van der Waals surface area contributed by atoms with Gasteiger partial charge in [-0.2, -0.15) is 0 Å². The van der Waals surface area contributed by atoms with Gasteiger partial charge in [0.05, 0.1) is 12.2 Å². The molecule has 0 N–H and O–H groups in total. The molecule has 2 unspecified atom stereocenters. The Morgan fingerprint density at radius 1 is 0.947 bits per heavy atom. The second-order valence-electron chi connectivity index (χ2n) is 4.93. The van der Waals surface area contributed by atoms with Gasteiger partial charge in [-0.05, 0) is 38.5 Å². The van der Waals surface area contributed by atoms with Gasteiger partial charge in [0.15, 0.2) is 0 Å². The fraction of sp³-hybridized carbons (Fsp3) is 1.00. The molecule has 2 aliphatic carbocycles. The maximum Gasteiger partial charge on any atom is 0.424 e. The molecule has 19 heavy (non-hydrogen) atoms. The zero-order valence-corrected chi connectivity index (χ0v) is 18.0. The van der Waals surface area contributed by atoms with Crippen LogP contribution in [0.2, 0.25) is 0 Å². The highest BCUT2D eigenvalue weighted by Crippen LogP contribution is 2.62. The molecular formula is C10H14Br4ClO3P. The summed E-state index contributed by atoms with van der Waals surface area (Å²) in [6.45, 7) is -3.60. The molecule has 0 aromatic rings. The van der Waals surface area contributed by atoms with E-state index in [1.807, 2.05) is 0 Å². The topological polar surface area (TPSA) is 35.5 Å². The molecule has 0 aliphatic heterocycles. The van der Waals surface area contributed by atoms with Crippen LogP contribution >= 0.6 is 81.9 Å². The summed E-state index contributed by atoms with van der Waals surface area (Å²) in [5.41, 5.74) is 0. The third-order valence-electron chi connectivity index (χ3n) is 3.40. The first-order valence-corrected chi connectivity index (χ1v) is 11.7. The van der Waals surface area contributed by atoms with Crippen molar-refractivity contribution in [3.63, 3.8) is 0 Å². The highest BCUT2D eigenvalue weighted by atomic mass is 79.9. The molecule has 0 bridgehead atoms. The molecule has 0 aromatic carbocycles. The monoisotopic (exact) mass is 564 g/mol. The normalized spacial score (nSPS) is 36.3. The van der Waals surface area contributed by atoms with Crippen molar-refractivity contribution in [2.24, 2.45) is 0 Å². The molecule has 0 amide bonds. The molecule has 2 fully saturated rings. The standard InChI is InChI=1S/C10H14Br4ClO3P/c11-9(12)5-1-3-7(9)17-19(15,16)18-8-4-2-6-10(8,13)14/h7-8H,1-6H2.